The first kappa shape index (κ1) is 11.7. The van der Waals surface area contributed by atoms with Gasteiger partial charge in [-0.25, -0.2) is 4.98 Å². The summed E-state index contributed by atoms with van der Waals surface area (Å²) in [7, 11) is 0. The lowest BCUT2D eigenvalue weighted by atomic mass is 10.4. The molecule has 0 saturated carbocycles. The minimum atomic E-state index is 0.610. The van der Waals surface area contributed by atoms with E-state index >= 15 is 0 Å². The molecule has 84 valence electrons. The van der Waals surface area contributed by atoms with E-state index in [1.165, 1.54) is 0 Å². The third-order valence-electron chi connectivity index (χ3n) is 1.79. The van der Waals surface area contributed by atoms with Gasteiger partial charge in [-0.1, -0.05) is 0 Å². The molecular formula is C10H18N4O. The van der Waals surface area contributed by atoms with Crippen molar-refractivity contribution in [1.29, 1.82) is 0 Å². The van der Waals surface area contributed by atoms with Gasteiger partial charge < -0.3 is 15.8 Å². The SMILES string of the molecule is CCOc1cc(NCCCN)nc(C)n1. The van der Waals surface area contributed by atoms with Gasteiger partial charge in [-0.2, -0.15) is 4.98 Å². The van der Waals surface area contributed by atoms with Gasteiger partial charge in [0.2, 0.25) is 5.88 Å². The van der Waals surface area contributed by atoms with E-state index in [2.05, 4.69) is 15.3 Å². The first-order valence-electron chi connectivity index (χ1n) is 5.18. The number of ether oxygens (including phenoxy) is 1. The van der Waals surface area contributed by atoms with E-state index < -0.39 is 0 Å². The molecule has 0 saturated heterocycles. The Labute approximate surface area is 90.1 Å². The zero-order valence-electron chi connectivity index (χ0n) is 9.29. The van der Waals surface area contributed by atoms with Crippen molar-refractivity contribution in [1.82, 2.24) is 9.97 Å². The molecule has 0 bridgehead atoms. The Balaban J connectivity index is 2.62. The van der Waals surface area contributed by atoms with Gasteiger partial charge >= 0.3 is 0 Å². The molecule has 0 aliphatic heterocycles. The molecule has 0 amide bonds. The maximum atomic E-state index is 5.40. The Kier molecular flexibility index (Phi) is 4.83. The van der Waals surface area contributed by atoms with Crippen molar-refractivity contribution >= 4 is 5.82 Å². The predicted molar refractivity (Wildman–Crippen MR) is 60.1 cm³/mol. The van der Waals surface area contributed by atoms with Crippen molar-refractivity contribution < 1.29 is 4.74 Å². The van der Waals surface area contributed by atoms with Crippen LogP contribution in [-0.2, 0) is 0 Å². The molecule has 0 unspecified atom stereocenters. The standard InChI is InChI=1S/C10H18N4O/c1-3-15-10-7-9(12-6-4-5-11)13-8(2)14-10/h7H,3-6,11H2,1-2H3,(H,12,13,14). The Morgan fingerprint density at radius 3 is 2.93 bits per heavy atom. The van der Waals surface area contributed by atoms with Crippen LogP contribution >= 0.6 is 0 Å². The summed E-state index contributed by atoms with van der Waals surface area (Å²) in [5, 5.41) is 3.17. The largest absolute Gasteiger partial charge is 0.478 e. The molecule has 0 radical (unpaired) electrons. The van der Waals surface area contributed by atoms with Crippen molar-refractivity contribution in [3.8, 4) is 5.88 Å². The van der Waals surface area contributed by atoms with Crippen LogP contribution in [0.4, 0.5) is 5.82 Å². The molecule has 15 heavy (non-hydrogen) atoms. The summed E-state index contributed by atoms with van der Waals surface area (Å²) in [6.07, 6.45) is 0.924. The average molecular weight is 210 g/mol. The monoisotopic (exact) mass is 210 g/mol. The van der Waals surface area contributed by atoms with Crippen molar-refractivity contribution in [3.05, 3.63) is 11.9 Å². The van der Waals surface area contributed by atoms with Crippen LogP contribution in [0, 0.1) is 6.92 Å². The molecule has 0 atom stereocenters. The molecule has 0 fully saturated rings. The highest BCUT2D eigenvalue weighted by atomic mass is 16.5. The third-order valence-corrected chi connectivity index (χ3v) is 1.79. The minimum Gasteiger partial charge on any atom is -0.478 e. The number of rotatable bonds is 6. The van der Waals surface area contributed by atoms with E-state index in [-0.39, 0.29) is 0 Å². The van der Waals surface area contributed by atoms with E-state index in [0.29, 0.717) is 24.9 Å². The number of hydrogen-bond acceptors (Lipinski definition) is 5. The van der Waals surface area contributed by atoms with Crippen LogP contribution in [0.25, 0.3) is 0 Å². The van der Waals surface area contributed by atoms with Gasteiger partial charge in [0.15, 0.2) is 0 Å². The summed E-state index contributed by atoms with van der Waals surface area (Å²) in [5.74, 6) is 2.11. The van der Waals surface area contributed by atoms with E-state index in [1.807, 2.05) is 13.8 Å². The lowest BCUT2D eigenvalue weighted by Crippen LogP contribution is -2.10. The number of anilines is 1. The highest BCUT2D eigenvalue weighted by molar-refractivity contribution is 5.38. The second kappa shape index (κ2) is 6.19. The molecule has 0 spiro atoms. The molecule has 5 nitrogen and oxygen atoms in total. The van der Waals surface area contributed by atoms with E-state index in [1.54, 1.807) is 6.07 Å². The summed E-state index contributed by atoms with van der Waals surface area (Å²) in [6, 6.07) is 1.80. The Morgan fingerprint density at radius 2 is 2.27 bits per heavy atom. The number of nitrogens with two attached hydrogens (primary N) is 1. The lowest BCUT2D eigenvalue weighted by molar-refractivity contribution is 0.325. The summed E-state index contributed by atoms with van der Waals surface area (Å²) in [5.41, 5.74) is 5.40. The lowest BCUT2D eigenvalue weighted by Gasteiger charge is -2.07. The normalized spacial score (nSPS) is 10.1. The smallest absolute Gasteiger partial charge is 0.218 e. The summed E-state index contributed by atoms with van der Waals surface area (Å²) in [6.45, 7) is 5.88. The molecule has 1 aromatic heterocycles. The molecule has 0 aliphatic rings. The highest BCUT2D eigenvalue weighted by Crippen LogP contribution is 2.12. The van der Waals surface area contributed by atoms with Crippen LogP contribution in [0.5, 0.6) is 5.88 Å². The van der Waals surface area contributed by atoms with Gasteiger partial charge in [-0.15, -0.1) is 0 Å². The zero-order chi connectivity index (χ0) is 11.1. The minimum absolute atomic E-state index is 0.610. The zero-order valence-corrected chi connectivity index (χ0v) is 9.29. The second-order valence-electron chi connectivity index (χ2n) is 3.14. The number of aryl methyl sites for hydroxylation is 1. The van der Waals surface area contributed by atoms with Crippen LogP contribution in [0.2, 0.25) is 0 Å². The molecule has 1 aromatic rings. The fraction of sp³-hybridized carbons (Fsp3) is 0.600. The first-order chi connectivity index (χ1) is 7.26. The van der Waals surface area contributed by atoms with E-state index in [0.717, 1.165) is 18.8 Å². The first-order valence-corrected chi connectivity index (χ1v) is 5.18. The Hall–Kier alpha value is -1.36. The highest BCUT2D eigenvalue weighted by Gasteiger charge is 2.01. The van der Waals surface area contributed by atoms with Gasteiger partial charge in [0, 0.05) is 12.6 Å². The fourth-order valence-electron chi connectivity index (χ4n) is 1.17. The molecule has 1 rings (SSSR count). The molecule has 0 aliphatic carbocycles. The number of aromatic nitrogens is 2. The summed E-state index contributed by atoms with van der Waals surface area (Å²) in [4.78, 5) is 8.40. The number of nitrogens with zero attached hydrogens (tertiary/aromatic N) is 2. The third kappa shape index (κ3) is 4.12. The van der Waals surface area contributed by atoms with Gasteiger partial charge in [0.1, 0.15) is 11.6 Å². The van der Waals surface area contributed by atoms with Crippen molar-refractivity contribution in [2.45, 2.75) is 20.3 Å². The second-order valence-corrected chi connectivity index (χ2v) is 3.14. The van der Waals surface area contributed by atoms with Crippen molar-refractivity contribution in [2.75, 3.05) is 25.0 Å². The quantitative estimate of drug-likeness (QED) is 0.684. The van der Waals surface area contributed by atoms with E-state index in [9.17, 15) is 0 Å². The maximum Gasteiger partial charge on any atom is 0.218 e. The average Bonchev–Trinajstić information content (AvgIpc) is 2.18. The van der Waals surface area contributed by atoms with Crippen LogP contribution in [0.15, 0.2) is 6.07 Å². The van der Waals surface area contributed by atoms with Crippen molar-refractivity contribution in [2.24, 2.45) is 5.73 Å². The fourth-order valence-corrected chi connectivity index (χ4v) is 1.17. The molecule has 5 heteroatoms. The molecule has 0 aromatic carbocycles. The summed E-state index contributed by atoms with van der Waals surface area (Å²) >= 11 is 0. The predicted octanol–water partition coefficient (Wildman–Crippen LogP) is 0.944. The van der Waals surface area contributed by atoms with Gasteiger partial charge in [-0.05, 0) is 26.8 Å². The van der Waals surface area contributed by atoms with Crippen LogP contribution in [0.1, 0.15) is 19.2 Å². The number of nitrogens with one attached hydrogen (secondary N) is 1. The van der Waals surface area contributed by atoms with Crippen LogP contribution in [-0.4, -0.2) is 29.7 Å². The molecule has 1 heterocycles. The molecule has 3 N–H and O–H groups in total. The van der Waals surface area contributed by atoms with E-state index in [4.69, 9.17) is 10.5 Å². The van der Waals surface area contributed by atoms with Crippen LogP contribution < -0.4 is 15.8 Å². The maximum absolute atomic E-state index is 5.40. The Morgan fingerprint density at radius 1 is 1.47 bits per heavy atom. The number of hydrogen-bond donors (Lipinski definition) is 2. The topological polar surface area (TPSA) is 73.1 Å². The van der Waals surface area contributed by atoms with Gasteiger partial charge in [-0.3, -0.25) is 0 Å². The Bertz CT molecular complexity index is 303. The van der Waals surface area contributed by atoms with Gasteiger partial charge in [0.25, 0.3) is 0 Å². The molecular weight excluding hydrogens is 192 g/mol. The van der Waals surface area contributed by atoms with Crippen LogP contribution in [0.3, 0.4) is 0 Å². The summed E-state index contributed by atoms with van der Waals surface area (Å²) < 4.78 is 5.32. The van der Waals surface area contributed by atoms with Crippen molar-refractivity contribution in [3.63, 3.8) is 0 Å². The van der Waals surface area contributed by atoms with Gasteiger partial charge in [0.05, 0.1) is 6.61 Å².